The summed E-state index contributed by atoms with van der Waals surface area (Å²) in [6.07, 6.45) is 0.850. The summed E-state index contributed by atoms with van der Waals surface area (Å²) in [5.74, 6) is 0.0920. The lowest BCUT2D eigenvalue weighted by Crippen LogP contribution is -2.32. The van der Waals surface area contributed by atoms with Crippen molar-refractivity contribution in [2.24, 2.45) is 10.5 Å². The van der Waals surface area contributed by atoms with Crippen LogP contribution >= 0.6 is 0 Å². The number of amides is 1. The van der Waals surface area contributed by atoms with Gasteiger partial charge in [-0.3, -0.25) is 4.79 Å². The van der Waals surface area contributed by atoms with Gasteiger partial charge in [-0.2, -0.15) is 5.10 Å². The van der Waals surface area contributed by atoms with Crippen LogP contribution in [0.25, 0.3) is 0 Å². The Labute approximate surface area is 67.1 Å². The summed E-state index contributed by atoms with van der Waals surface area (Å²) in [5.41, 5.74) is 0.605. The van der Waals surface area contributed by atoms with Crippen LogP contribution in [-0.4, -0.2) is 23.7 Å². The first-order valence-corrected chi connectivity index (χ1v) is 3.86. The molecule has 1 heterocycles. The zero-order valence-corrected chi connectivity index (χ0v) is 7.51. The number of rotatable bonds is 1. The third-order valence-corrected chi connectivity index (χ3v) is 2.16. The van der Waals surface area contributed by atoms with Gasteiger partial charge in [-0.05, 0) is 20.3 Å². The van der Waals surface area contributed by atoms with E-state index < -0.39 is 0 Å². The van der Waals surface area contributed by atoms with Crippen molar-refractivity contribution < 1.29 is 4.79 Å². The number of carbonyl (C=O) groups excluding carboxylic acids is 1. The van der Waals surface area contributed by atoms with Crippen molar-refractivity contribution in [3.05, 3.63) is 0 Å². The van der Waals surface area contributed by atoms with Crippen LogP contribution in [0.4, 0.5) is 0 Å². The van der Waals surface area contributed by atoms with Gasteiger partial charge in [0.1, 0.15) is 0 Å². The Kier molecular flexibility index (Phi) is 1.74. The van der Waals surface area contributed by atoms with Gasteiger partial charge in [0.2, 0.25) is 0 Å². The van der Waals surface area contributed by atoms with E-state index in [-0.39, 0.29) is 11.3 Å². The summed E-state index contributed by atoms with van der Waals surface area (Å²) in [4.78, 5) is 11.4. The molecule has 0 atom stereocenters. The van der Waals surface area contributed by atoms with Crippen LogP contribution in [0.1, 0.15) is 27.2 Å². The molecule has 0 aliphatic carbocycles. The summed E-state index contributed by atoms with van der Waals surface area (Å²) in [5, 5.41) is 5.57. The van der Waals surface area contributed by atoms with Gasteiger partial charge in [0.15, 0.2) is 0 Å². The molecule has 1 amide bonds. The average Bonchev–Trinajstić information content (AvgIpc) is 2.13. The molecule has 11 heavy (non-hydrogen) atoms. The second-order valence-electron chi connectivity index (χ2n) is 3.35. The Morgan fingerprint density at radius 1 is 1.55 bits per heavy atom. The van der Waals surface area contributed by atoms with Crippen molar-refractivity contribution in [2.45, 2.75) is 27.2 Å². The molecule has 0 fully saturated rings. The van der Waals surface area contributed by atoms with Crippen molar-refractivity contribution in [1.82, 2.24) is 5.01 Å². The van der Waals surface area contributed by atoms with Crippen LogP contribution in [0.3, 0.4) is 0 Å². The van der Waals surface area contributed by atoms with Crippen LogP contribution in [-0.2, 0) is 4.79 Å². The van der Waals surface area contributed by atoms with Gasteiger partial charge in [-0.25, -0.2) is 5.01 Å². The molecule has 62 valence electrons. The molecule has 3 heteroatoms. The second-order valence-corrected chi connectivity index (χ2v) is 3.35. The van der Waals surface area contributed by atoms with Crippen LogP contribution < -0.4 is 0 Å². The number of carbonyl (C=O) groups is 1. The van der Waals surface area contributed by atoms with E-state index in [1.54, 1.807) is 7.05 Å². The maximum atomic E-state index is 11.4. The number of hydrogen-bond acceptors (Lipinski definition) is 2. The molecule has 1 aliphatic heterocycles. The van der Waals surface area contributed by atoms with Crippen molar-refractivity contribution in [3.63, 3.8) is 0 Å². The average molecular weight is 154 g/mol. The normalized spacial score (nSPS) is 22.4. The first-order chi connectivity index (χ1) is 5.00. The maximum absolute atomic E-state index is 11.4. The third kappa shape index (κ3) is 1.04. The fraction of sp³-hybridized carbons (Fsp3) is 0.750. The Morgan fingerprint density at radius 3 is 2.27 bits per heavy atom. The minimum Gasteiger partial charge on any atom is -0.272 e. The fourth-order valence-corrected chi connectivity index (χ4v) is 1.39. The summed E-state index contributed by atoms with van der Waals surface area (Å²) in [6.45, 7) is 5.86. The number of nitrogens with zero attached hydrogens (tertiary/aromatic N) is 2. The highest BCUT2D eigenvalue weighted by atomic mass is 16.2. The quantitative estimate of drug-likeness (QED) is 0.559. The topological polar surface area (TPSA) is 32.7 Å². The number of hydrazone groups is 1. The van der Waals surface area contributed by atoms with Gasteiger partial charge in [-0.15, -0.1) is 0 Å². The van der Waals surface area contributed by atoms with Crippen LogP contribution in [0.5, 0.6) is 0 Å². The molecule has 3 nitrogen and oxygen atoms in total. The molecule has 1 aliphatic rings. The van der Waals surface area contributed by atoms with Crippen LogP contribution in [0.15, 0.2) is 5.10 Å². The third-order valence-electron chi connectivity index (χ3n) is 2.16. The first-order valence-electron chi connectivity index (χ1n) is 3.86. The van der Waals surface area contributed by atoms with E-state index in [9.17, 15) is 4.79 Å². The second kappa shape index (κ2) is 2.32. The van der Waals surface area contributed by atoms with E-state index in [4.69, 9.17) is 0 Å². The van der Waals surface area contributed by atoms with Crippen molar-refractivity contribution >= 4 is 11.6 Å². The molecule has 0 aromatic carbocycles. The van der Waals surface area contributed by atoms with Gasteiger partial charge in [0.25, 0.3) is 5.91 Å². The summed E-state index contributed by atoms with van der Waals surface area (Å²) < 4.78 is 0. The summed E-state index contributed by atoms with van der Waals surface area (Å²) in [7, 11) is 1.70. The zero-order valence-electron chi connectivity index (χ0n) is 7.51. The summed E-state index contributed by atoms with van der Waals surface area (Å²) in [6, 6.07) is 0. The van der Waals surface area contributed by atoms with E-state index in [1.165, 1.54) is 5.01 Å². The van der Waals surface area contributed by atoms with Crippen molar-refractivity contribution in [1.29, 1.82) is 0 Å². The lowest BCUT2D eigenvalue weighted by molar-refractivity contribution is -0.133. The standard InChI is InChI=1S/C8H14N2O/c1-5-6-8(2,3)7(11)10(4)9-6/h5H2,1-4H3. The highest BCUT2D eigenvalue weighted by Gasteiger charge is 2.40. The van der Waals surface area contributed by atoms with Crippen LogP contribution in [0, 0.1) is 5.41 Å². The van der Waals surface area contributed by atoms with Crippen LogP contribution in [0.2, 0.25) is 0 Å². The monoisotopic (exact) mass is 154 g/mol. The Hall–Kier alpha value is -0.860. The van der Waals surface area contributed by atoms with E-state index in [2.05, 4.69) is 5.10 Å². The highest BCUT2D eigenvalue weighted by molar-refractivity contribution is 6.11. The largest absolute Gasteiger partial charge is 0.272 e. The van der Waals surface area contributed by atoms with E-state index in [0.29, 0.717) is 0 Å². The number of hydrogen-bond donors (Lipinski definition) is 0. The van der Waals surface area contributed by atoms with Gasteiger partial charge < -0.3 is 0 Å². The van der Waals surface area contributed by atoms with E-state index >= 15 is 0 Å². The maximum Gasteiger partial charge on any atom is 0.253 e. The molecule has 0 aromatic heterocycles. The van der Waals surface area contributed by atoms with Gasteiger partial charge in [-0.1, -0.05) is 6.92 Å². The molecule has 0 saturated carbocycles. The molecular weight excluding hydrogens is 140 g/mol. The first kappa shape index (κ1) is 8.24. The molecule has 0 N–H and O–H groups in total. The zero-order chi connectivity index (χ0) is 8.65. The minimum absolute atomic E-state index is 0.0920. The Balaban J connectivity index is 2.97. The SMILES string of the molecule is CCC1=NN(C)C(=O)C1(C)C. The molecule has 0 unspecified atom stereocenters. The Bertz CT molecular complexity index is 218. The fourth-order valence-electron chi connectivity index (χ4n) is 1.39. The molecule has 0 saturated heterocycles. The van der Waals surface area contributed by atoms with E-state index in [1.807, 2.05) is 20.8 Å². The highest BCUT2D eigenvalue weighted by Crippen LogP contribution is 2.28. The van der Waals surface area contributed by atoms with E-state index in [0.717, 1.165) is 12.1 Å². The Morgan fingerprint density at radius 2 is 2.09 bits per heavy atom. The molecular formula is C8H14N2O. The van der Waals surface area contributed by atoms with Crippen molar-refractivity contribution in [3.8, 4) is 0 Å². The van der Waals surface area contributed by atoms with Gasteiger partial charge >= 0.3 is 0 Å². The molecule has 0 spiro atoms. The summed E-state index contributed by atoms with van der Waals surface area (Å²) >= 11 is 0. The van der Waals surface area contributed by atoms with Gasteiger partial charge in [0.05, 0.1) is 11.1 Å². The predicted octanol–water partition coefficient (Wildman–Crippen LogP) is 1.25. The molecule has 1 rings (SSSR count). The predicted molar refractivity (Wildman–Crippen MR) is 44.3 cm³/mol. The minimum atomic E-state index is -0.372. The van der Waals surface area contributed by atoms with Gasteiger partial charge in [0, 0.05) is 7.05 Å². The molecule has 0 radical (unpaired) electrons. The molecule has 0 aromatic rings. The molecule has 0 bridgehead atoms. The smallest absolute Gasteiger partial charge is 0.253 e. The lowest BCUT2D eigenvalue weighted by atomic mass is 9.86. The lowest BCUT2D eigenvalue weighted by Gasteiger charge is -2.16. The van der Waals surface area contributed by atoms with Crippen molar-refractivity contribution in [2.75, 3.05) is 7.05 Å².